The fraction of sp³-hybridized carbons (Fsp3) is 0.474. The lowest BCUT2D eigenvalue weighted by Crippen LogP contribution is -2.46. The molecule has 5 heteroatoms. The van der Waals surface area contributed by atoms with Crippen molar-refractivity contribution < 1.29 is 9.59 Å². The van der Waals surface area contributed by atoms with Gasteiger partial charge in [0.25, 0.3) is 11.8 Å². The van der Waals surface area contributed by atoms with Crippen LogP contribution in [-0.2, 0) is 9.59 Å². The van der Waals surface area contributed by atoms with Gasteiger partial charge in [-0.2, -0.15) is 0 Å². The second kappa shape index (κ2) is 6.77. The number of rotatable bonds is 4. The number of benzene rings is 1. The molecule has 24 heavy (non-hydrogen) atoms. The number of piperazine rings is 1. The average Bonchev–Trinajstić information content (AvgIpc) is 2.81. The van der Waals surface area contributed by atoms with Crippen LogP contribution in [0.1, 0.15) is 19.4 Å². The van der Waals surface area contributed by atoms with Gasteiger partial charge in [0.1, 0.15) is 5.70 Å². The largest absolute Gasteiger partial charge is 0.364 e. The molecule has 0 aliphatic carbocycles. The van der Waals surface area contributed by atoms with Crippen molar-refractivity contribution in [2.24, 2.45) is 5.92 Å². The Hall–Kier alpha value is -2.14. The molecule has 0 radical (unpaired) electrons. The smallest absolute Gasteiger partial charge is 0.277 e. The molecule has 2 aliphatic rings. The van der Waals surface area contributed by atoms with Crippen LogP contribution in [0.5, 0.6) is 0 Å². The van der Waals surface area contributed by atoms with Crippen LogP contribution in [0.3, 0.4) is 0 Å². The molecular formula is C19H25N3O2. The molecule has 1 aromatic rings. The van der Waals surface area contributed by atoms with Gasteiger partial charge in [-0.3, -0.25) is 14.5 Å². The number of carbonyl (C=O) groups excluding carboxylic acids is 2. The molecule has 0 N–H and O–H groups in total. The fourth-order valence-corrected chi connectivity index (χ4v) is 3.28. The Balaban J connectivity index is 2.01. The number of likely N-dealkylation sites (N-methyl/N-ethyl adjacent to an activating group) is 1. The number of hydrogen-bond acceptors (Lipinski definition) is 4. The highest BCUT2D eigenvalue weighted by Crippen LogP contribution is 2.32. The van der Waals surface area contributed by atoms with Gasteiger partial charge >= 0.3 is 0 Å². The molecular weight excluding hydrogens is 302 g/mol. The lowest BCUT2D eigenvalue weighted by Gasteiger charge is -2.34. The molecule has 1 aromatic carbocycles. The van der Waals surface area contributed by atoms with Crippen LogP contribution in [0.4, 0.5) is 0 Å². The minimum atomic E-state index is -0.158. The topological polar surface area (TPSA) is 43.9 Å². The Kier molecular flexibility index (Phi) is 4.71. The van der Waals surface area contributed by atoms with Gasteiger partial charge in [0.15, 0.2) is 0 Å². The molecule has 0 bridgehead atoms. The number of nitrogens with zero attached hydrogens (tertiary/aromatic N) is 3. The number of carbonyl (C=O) groups is 2. The van der Waals surface area contributed by atoms with Crippen LogP contribution in [0, 0.1) is 5.92 Å². The summed E-state index contributed by atoms with van der Waals surface area (Å²) in [5.74, 6) is -0.0484. The van der Waals surface area contributed by atoms with E-state index in [0.717, 1.165) is 31.7 Å². The normalized spacial score (nSPS) is 19.8. The van der Waals surface area contributed by atoms with Gasteiger partial charge in [0.2, 0.25) is 0 Å². The Morgan fingerprint density at radius 2 is 1.58 bits per heavy atom. The predicted octanol–water partition coefficient (Wildman–Crippen LogP) is 1.67. The van der Waals surface area contributed by atoms with E-state index in [9.17, 15) is 9.59 Å². The Morgan fingerprint density at radius 3 is 2.17 bits per heavy atom. The molecule has 0 atom stereocenters. The molecule has 2 aliphatic heterocycles. The van der Waals surface area contributed by atoms with Crippen molar-refractivity contribution >= 4 is 17.4 Å². The average molecular weight is 327 g/mol. The van der Waals surface area contributed by atoms with E-state index >= 15 is 0 Å². The molecule has 1 saturated heterocycles. The lowest BCUT2D eigenvalue weighted by molar-refractivity contribution is -0.138. The SMILES string of the molecule is CC(C)CN1C(=O)C(c2ccccc2)=C(N2CCN(C)CC2)C1=O. The van der Waals surface area contributed by atoms with Gasteiger partial charge in [-0.15, -0.1) is 0 Å². The maximum Gasteiger partial charge on any atom is 0.277 e. The van der Waals surface area contributed by atoms with Crippen LogP contribution >= 0.6 is 0 Å². The minimum Gasteiger partial charge on any atom is -0.364 e. The summed E-state index contributed by atoms with van der Waals surface area (Å²) < 4.78 is 0. The summed E-state index contributed by atoms with van der Waals surface area (Å²) in [4.78, 5) is 31.7. The van der Waals surface area contributed by atoms with Crippen LogP contribution in [0.25, 0.3) is 5.57 Å². The van der Waals surface area contributed by atoms with E-state index in [2.05, 4.69) is 16.8 Å². The molecule has 2 heterocycles. The summed E-state index contributed by atoms with van der Waals surface area (Å²) in [5, 5.41) is 0. The number of amides is 2. The fourth-order valence-electron chi connectivity index (χ4n) is 3.28. The van der Waals surface area contributed by atoms with Crippen molar-refractivity contribution in [3.8, 4) is 0 Å². The first-order valence-corrected chi connectivity index (χ1v) is 8.58. The van der Waals surface area contributed by atoms with E-state index in [-0.39, 0.29) is 17.7 Å². The Bertz CT molecular complexity index is 658. The van der Waals surface area contributed by atoms with Crippen molar-refractivity contribution in [2.75, 3.05) is 39.8 Å². The molecule has 0 saturated carbocycles. The van der Waals surface area contributed by atoms with Gasteiger partial charge in [-0.1, -0.05) is 44.2 Å². The molecule has 2 amide bonds. The van der Waals surface area contributed by atoms with Gasteiger partial charge in [0, 0.05) is 32.7 Å². The summed E-state index contributed by atoms with van der Waals surface area (Å²) in [6, 6.07) is 9.57. The number of hydrogen-bond donors (Lipinski definition) is 0. The zero-order chi connectivity index (χ0) is 17.3. The van der Waals surface area contributed by atoms with Gasteiger partial charge in [0.05, 0.1) is 5.57 Å². The quantitative estimate of drug-likeness (QED) is 0.789. The molecule has 0 spiro atoms. The number of imide groups is 1. The standard InChI is InChI=1S/C19H25N3O2/c1-14(2)13-22-18(23)16(15-7-5-4-6-8-15)17(19(22)24)21-11-9-20(3)10-12-21/h4-8,14H,9-13H2,1-3H3. The highest BCUT2D eigenvalue weighted by atomic mass is 16.2. The summed E-state index contributed by atoms with van der Waals surface area (Å²) in [6.45, 7) is 7.86. The highest BCUT2D eigenvalue weighted by molar-refractivity contribution is 6.35. The third-order valence-electron chi connectivity index (χ3n) is 4.57. The minimum absolute atomic E-state index is 0.142. The van der Waals surface area contributed by atoms with Crippen LogP contribution in [0.2, 0.25) is 0 Å². The first-order chi connectivity index (χ1) is 11.5. The van der Waals surface area contributed by atoms with Crippen LogP contribution in [0.15, 0.2) is 36.0 Å². The first-order valence-electron chi connectivity index (χ1n) is 8.58. The van der Waals surface area contributed by atoms with Gasteiger partial charge < -0.3 is 9.80 Å². The van der Waals surface area contributed by atoms with Crippen LogP contribution in [-0.4, -0.2) is 66.3 Å². The zero-order valence-electron chi connectivity index (χ0n) is 14.7. The third-order valence-corrected chi connectivity index (χ3v) is 4.57. The maximum absolute atomic E-state index is 13.0. The molecule has 128 valence electrons. The summed E-state index contributed by atoms with van der Waals surface area (Å²) in [6.07, 6.45) is 0. The monoisotopic (exact) mass is 327 g/mol. The molecule has 1 fully saturated rings. The molecule has 0 unspecified atom stereocenters. The summed E-state index contributed by atoms with van der Waals surface area (Å²) in [5.41, 5.74) is 1.97. The van der Waals surface area contributed by atoms with E-state index in [1.165, 1.54) is 4.90 Å². The predicted molar refractivity (Wildman–Crippen MR) is 94.0 cm³/mol. The second-order valence-electron chi connectivity index (χ2n) is 6.99. The van der Waals surface area contributed by atoms with Crippen LogP contribution < -0.4 is 0 Å². The molecule has 0 aromatic heterocycles. The van der Waals surface area contributed by atoms with Crippen molar-refractivity contribution in [1.82, 2.24) is 14.7 Å². The van der Waals surface area contributed by atoms with Gasteiger partial charge in [-0.25, -0.2) is 0 Å². The molecule has 3 rings (SSSR count). The summed E-state index contributed by atoms with van der Waals surface area (Å²) in [7, 11) is 2.08. The van der Waals surface area contributed by atoms with Crippen molar-refractivity contribution in [1.29, 1.82) is 0 Å². The Labute approximate surface area is 143 Å². The van der Waals surface area contributed by atoms with E-state index in [1.807, 2.05) is 44.2 Å². The lowest BCUT2D eigenvalue weighted by atomic mass is 10.0. The zero-order valence-corrected chi connectivity index (χ0v) is 14.7. The maximum atomic E-state index is 13.0. The third kappa shape index (κ3) is 3.08. The van der Waals surface area contributed by atoms with E-state index in [0.29, 0.717) is 17.8 Å². The van der Waals surface area contributed by atoms with Crippen molar-refractivity contribution in [3.63, 3.8) is 0 Å². The summed E-state index contributed by atoms with van der Waals surface area (Å²) >= 11 is 0. The first kappa shape index (κ1) is 16.7. The highest BCUT2D eigenvalue weighted by Gasteiger charge is 2.41. The molecule has 5 nitrogen and oxygen atoms in total. The van der Waals surface area contributed by atoms with E-state index in [1.54, 1.807) is 0 Å². The van der Waals surface area contributed by atoms with Gasteiger partial charge in [-0.05, 0) is 18.5 Å². The second-order valence-corrected chi connectivity index (χ2v) is 6.99. The Morgan fingerprint density at radius 1 is 0.958 bits per heavy atom. The van der Waals surface area contributed by atoms with E-state index < -0.39 is 0 Å². The van der Waals surface area contributed by atoms with Crippen molar-refractivity contribution in [3.05, 3.63) is 41.6 Å². The van der Waals surface area contributed by atoms with E-state index in [4.69, 9.17) is 0 Å². The van der Waals surface area contributed by atoms with Crippen molar-refractivity contribution in [2.45, 2.75) is 13.8 Å².